The Labute approximate surface area is 118 Å². The number of alkyl halides is 3. The van der Waals surface area contributed by atoms with Crippen LogP contribution in [0, 0.1) is 13.8 Å². The number of nitrogens with zero attached hydrogens (tertiary/aromatic N) is 3. The van der Waals surface area contributed by atoms with Gasteiger partial charge in [0.15, 0.2) is 0 Å². The molecular weight excluding hydrogens is 287 g/mol. The van der Waals surface area contributed by atoms with E-state index in [4.69, 9.17) is 0 Å². The smallest absolute Gasteiger partial charge is 0.342 e. The number of halogens is 3. The normalized spacial score (nSPS) is 11.7. The molecule has 0 saturated carbocycles. The molecule has 0 atom stereocenters. The molecule has 2 aromatic heterocycles. The van der Waals surface area contributed by atoms with Gasteiger partial charge in [-0.2, -0.15) is 23.4 Å². The van der Waals surface area contributed by atoms with Gasteiger partial charge in [0.25, 0.3) is 5.91 Å². The molecule has 0 aromatic carbocycles. The van der Waals surface area contributed by atoms with Crippen LogP contribution >= 0.6 is 0 Å². The molecule has 0 aliphatic rings. The van der Waals surface area contributed by atoms with Gasteiger partial charge in [-0.1, -0.05) is 0 Å². The summed E-state index contributed by atoms with van der Waals surface area (Å²) < 4.78 is 37.8. The minimum absolute atomic E-state index is 0.0872. The predicted molar refractivity (Wildman–Crippen MR) is 67.8 cm³/mol. The third kappa shape index (κ3) is 4.07. The number of aromatic amines is 1. The second kappa shape index (κ2) is 5.58. The molecule has 2 heterocycles. The lowest BCUT2D eigenvalue weighted by molar-refractivity contribution is -0.123. The summed E-state index contributed by atoms with van der Waals surface area (Å²) in [5.41, 5.74) is 2.29. The van der Waals surface area contributed by atoms with Crippen molar-refractivity contribution in [3.05, 3.63) is 34.9 Å². The highest BCUT2D eigenvalue weighted by molar-refractivity contribution is 5.92. The molecule has 0 aliphatic heterocycles. The van der Waals surface area contributed by atoms with E-state index in [-0.39, 0.29) is 5.69 Å². The summed E-state index contributed by atoms with van der Waals surface area (Å²) >= 11 is 0. The fourth-order valence-corrected chi connectivity index (χ4v) is 1.83. The van der Waals surface area contributed by atoms with Crippen LogP contribution < -0.4 is 5.32 Å². The van der Waals surface area contributed by atoms with E-state index >= 15 is 0 Å². The van der Waals surface area contributed by atoms with Crippen LogP contribution in [0.1, 0.15) is 27.6 Å². The third-order valence-corrected chi connectivity index (χ3v) is 2.74. The molecule has 2 aromatic rings. The third-order valence-electron chi connectivity index (χ3n) is 2.74. The Balaban J connectivity index is 2.01. The molecule has 1 amide bonds. The Hall–Kier alpha value is -2.32. The molecule has 114 valence electrons. The van der Waals surface area contributed by atoms with Gasteiger partial charge < -0.3 is 5.32 Å². The minimum atomic E-state index is -4.45. The summed E-state index contributed by atoms with van der Waals surface area (Å²) in [5, 5.41) is 12.3. The van der Waals surface area contributed by atoms with Crippen LogP contribution in [-0.4, -0.2) is 38.6 Å². The molecular formula is C12H14F3N5O. The summed E-state index contributed by atoms with van der Waals surface area (Å²) in [6.07, 6.45) is -4.45. The summed E-state index contributed by atoms with van der Waals surface area (Å²) in [5.74, 6) is -0.872. The maximum absolute atomic E-state index is 12.0. The average molecular weight is 301 g/mol. The van der Waals surface area contributed by atoms with Gasteiger partial charge >= 0.3 is 6.18 Å². The molecule has 2 N–H and O–H groups in total. The number of aryl methyl sites for hydroxylation is 2. The first-order valence-corrected chi connectivity index (χ1v) is 6.15. The topological polar surface area (TPSA) is 75.6 Å². The maximum atomic E-state index is 12.0. The lowest BCUT2D eigenvalue weighted by atomic mass is 10.3. The van der Waals surface area contributed by atoms with Crippen LogP contribution in [-0.2, 0) is 6.54 Å². The van der Waals surface area contributed by atoms with Crippen LogP contribution in [0.4, 0.5) is 13.2 Å². The van der Waals surface area contributed by atoms with Gasteiger partial charge in [0, 0.05) is 5.69 Å². The molecule has 0 bridgehead atoms. The standard InChI is InChI=1S/C12H14F3N5O/c1-7-3-8(2)20(19-7)5-9-4-10(18-17-9)11(21)16-6-12(13,14)15/h3-4H,5-6H2,1-2H3,(H,16,21)(H,17,18). The number of rotatable bonds is 4. The Morgan fingerprint density at radius 2 is 2.10 bits per heavy atom. The number of hydrogen-bond acceptors (Lipinski definition) is 3. The van der Waals surface area contributed by atoms with Crippen LogP contribution in [0.5, 0.6) is 0 Å². The molecule has 0 radical (unpaired) electrons. The van der Waals surface area contributed by atoms with Gasteiger partial charge in [-0.15, -0.1) is 0 Å². The Morgan fingerprint density at radius 3 is 2.67 bits per heavy atom. The van der Waals surface area contributed by atoms with Crippen LogP contribution in [0.2, 0.25) is 0 Å². The molecule has 0 spiro atoms. The molecule has 2 rings (SSSR count). The number of hydrogen-bond donors (Lipinski definition) is 2. The monoisotopic (exact) mass is 301 g/mol. The van der Waals surface area contributed by atoms with Crippen LogP contribution in [0.3, 0.4) is 0 Å². The van der Waals surface area contributed by atoms with Crippen molar-refractivity contribution in [3.8, 4) is 0 Å². The molecule has 0 aliphatic carbocycles. The van der Waals surface area contributed by atoms with Crippen molar-refractivity contribution >= 4 is 5.91 Å². The predicted octanol–water partition coefficient (Wildman–Crippen LogP) is 1.56. The quantitative estimate of drug-likeness (QED) is 0.900. The van der Waals surface area contributed by atoms with Gasteiger partial charge in [0.05, 0.1) is 17.9 Å². The van der Waals surface area contributed by atoms with E-state index in [1.54, 1.807) is 10.00 Å². The van der Waals surface area contributed by atoms with Crippen molar-refractivity contribution in [3.63, 3.8) is 0 Å². The summed E-state index contributed by atoms with van der Waals surface area (Å²) in [6.45, 7) is 2.71. The van der Waals surface area contributed by atoms with Crippen LogP contribution in [0.15, 0.2) is 12.1 Å². The summed E-state index contributed by atoms with van der Waals surface area (Å²) in [4.78, 5) is 11.5. The highest BCUT2D eigenvalue weighted by atomic mass is 19.4. The van der Waals surface area contributed by atoms with E-state index in [0.717, 1.165) is 11.4 Å². The number of aromatic nitrogens is 4. The molecule has 21 heavy (non-hydrogen) atoms. The van der Waals surface area contributed by atoms with Crippen molar-refractivity contribution in [2.75, 3.05) is 6.54 Å². The Kier molecular flexibility index (Phi) is 4.01. The van der Waals surface area contributed by atoms with Crippen molar-refractivity contribution < 1.29 is 18.0 Å². The number of amides is 1. The first-order chi connectivity index (χ1) is 9.74. The molecule has 0 fully saturated rings. The highest BCUT2D eigenvalue weighted by Crippen LogP contribution is 2.13. The van der Waals surface area contributed by atoms with E-state index in [2.05, 4.69) is 15.3 Å². The zero-order chi connectivity index (χ0) is 15.6. The summed E-state index contributed by atoms with van der Waals surface area (Å²) in [6, 6.07) is 3.30. The molecule has 6 nitrogen and oxygen atoms in total. The first-order valence-electron chi connectivity index (χ1n) is 6.15. The van der Waals surface area contributed by atoms with Gasteiger partial charge in [-0.25, -0.2) is 0 Å². The van der Waals surface area contributed by atoms with Gasteiger partial charge in [-0.3, -0.25) is 14.6 Å². The van der Waals surface area contributed by atoms with E-state index in [1.165, 1.54) is 6.07 Å². The minimum Gasteiger partial charge on any atom is -0.342 e. The van der Waals surface area contributed by atoms with E-state index in [1.807, 2.05) is 19.9 Å². The fourth-order valence-electron chi connectivity index (χ4n) is 1.83. The SMILES string of the molecule is Cc1cc(C)n(Cc2cc(C(=O)NCC(F)(F)F)n[nH]2)n1. The fraction of sp³-hybridized carbons (Fsp3) is 0.417. The second-order valence-electron chi connectivity index (χ2n) is 4.66. The van der Waals surface area contributed by atoms with E-state index in [0.29, 0.717) is 12.2 Å². The van der Waals surface area contributed by atoms with Crippen molar-refractivity contribution in [2.45, 2.75) is 26.6 Å². The van der Waals surface area contributed by atoms with Crippen LogP contribution in [0.25, 0.3) is 0 Å². The lowest BCUT2D eigenvalue weighted by Crippen LogP contribution is -2.33. The Morgan fingerprint density at radius 1 is 1.38 bits per heavy atom. The zero-order valence-corrected chi connectivity index (χ0v) is 11.5. The number of carbonyl (C=O) groups is 1. The lowest BCUT2D eigenvalue weighted by Gasteiger charge is -2.06. The van der Waals surface area contributed by atoms with E-state index in [9.17, 15) is 18.0 Å². The van der Waals surface area contributed by atoms with Crippen molar-refractivity contribution in [1.82, 2.24) is 25.3 Å². The van der Waals surface area contributed by atoms with E-state index < -0.39 is 18.6 Å². The molecule has 0 saturated heterocycles. The molecule has 0 unspecified atom stereocenters. The zero-order valence-electron chi connectivity index (χ0n) is 11.5. The van der Waals surface area contributed by atoms with Crippen molar-refractivity contribution in [2.24, 2.45) is 0 Å². The largest absolute Gasteiger partial charge is 0.405 e. The maximum Gasteiger partial charge on any atom is 0.405 e. The average Bonchev–Trinajstić information content (AvgIpc) is 2.93. The summed E-state index contributed by atoms with van der Waals surface area (Å²) in [7, 11) is 0. The number of carbonyl (C=O) groups excluding carboxylic acids is 1. The number of H-pyrrole nitrogens is 1. The van der Waals surface area contributed by atoms with Gasteiger partial charge in [0.2, 0.25) is 0 Å². The Bertz CT molecular complexity index is 644. The van der Waals surface area contributed by atoms with Crippen molar-refractivity contribution in [1.29, 1.82) is 0 Å². The first kappa shape index (κ1) is 15.1. The van der Waals surface area contributed by atoms with Gasteiger partial charge in [-0.05, 0) is 26.0 Å². The van der Waals surface area contributed by atoms with Gasteiger partial charge in [0.1, 0.15) is 12.2 Å². The highest BCUT2D eigenvalue weighted by Gasteiger charge is 2.28. The number of nitrogens with one attached hydrogen (secondary N) is 2. The molecule has 9 heteroatoms. The second-order valence-corrected chi connectivity index (χ2v) is 4.66.